The number of carbonyl (C=O) groups excluding carboxylic acids is 1. The summed E-state index contributed by atoms with van der Waals surface area (Å²) >= 11 is 0. The molecule has 0 saturated carbocycles. The van der Waals surface area contributed by atoms with Gasteiger partial charge in [0, 0.05) is 30.4 Å². The lowest BCUT2D eigenvalue weighted by Crippen LogP contribution is -2.42. The Bertz CT molecular complexity index is 652. The van der Waals surface area contributed by atoms with Gasteiger partial charge in [-0.3, -0.25) is 4.79 Å². The largest absolute Gasteiger partial charge is 0.383 e. The highest BCUT2D eigenvalue weighted by molar-refractivity contribution is 5.96. The van der Waals surface area contributed by atoms with Crippen molar-refractivity contribution in [3.8, 4) is 0 Å². The van der Waals surface area contributed by atoms with Crippen molar-refractivity contribution < 1.29 is 4.79 Å². The topological polar surface area (TPSA) is 32.3 Å². The van der Waals surface area contributed by atoms with Gasteiger partial charge in [0.15, 0.2) is 0 Å². The number of aryl methyl sites for hydroxylation is 2. The molecule has 0 aliphatic heterocycles. The van der Waals surface area contributed by atoms with Crippen LogP contribution in [0, 0.1) is 13.8 Å². The first-order valence-electron chi connectivity index (χ1n) is 8.20. The highest BCUT2D eigenvalue weighted by Crippen LogP contribution is 2.15. The zero-order chi connectivity index (χ0) is 16.8. The molecule has 0 fully saturated rings. The third-order valence-electron chi connectivity index (χ3n) is 4.12. The molecule has 1 amide bonds. The zero-order valence-corrected chi connectivity index (χ0v) is 14.5. The van der Waals surface area contributed by atoms with Gasteiger partial charge < -0.3 is 10.2 Å². The van der Waals surface area contributed by atoms with E-state index in [1.807, 2.05) is 68.1 Å². The highest BCUT2D eigenvalue weighted by atomic mass is 16.2. The fourth-order valence-corrected chi connectivity index (χ4v) is 2.80. The second kappa shape index (κ2) is 7.82. The summed E-state index contributed by atoms with van der Waals surface area (Å²) in [5.41, 5.74) is 4.09. The first-order valence-corrected chi connectivity index (χ1v) is 8.20. The summed E-state index contributed by atoms with van der Waals surface area (Å²) in [4.78, 5) is 14.8. The summed E-state index contributed by atoms with van der Waals surface area (Å²) in [6, 6.07) is 16.2. The average molecular weight is 310 g/mol. The number of likely N-dealkylation sites (N-methyl/N-ethyl adjacent to an activating group) is 1. The van der Waals surface area contributed by atoms with Crippen LogP contribution in [0.5, 0.6) is 0 Å². The molecule has 2 aromatic carbocycles. The van der Waals surface area contributed by atoms with E-state index < -0.39 is 0 Å². The summed E-state index contributed by atoms with van der Waals surface area (Å²) in [6.07, 6.45) is 0. The minimum Gasteiger partial charge on any atom is -0.383 e. The van der Waals surface area contributed by atoms with Crippen LogP contribution in [-0.2, 0) is 0 Å². The van der Waals surface area contributed by atoms with Crippen LogP contribution in [0.3, 0.4) is 0 Å². The van der Waals surface area contributed by atoms with Crippen LogP contribution in [-0.4, -0.2) is 29.9 Å². The van der Waals surface area contributed by atoms with Gasteiger partial charge in [-0.2, -0.15) is 0 Å². The molecule has 0 radical (unpaired) electrons. The summed E-state index contributed by atoms with van der Waals surface area (Å²) in [7, 11) is 0. The molecule has 0 aliphatic rings. The maximum Gasteiger partial charge on any atom is 0.254 e. The van der Waals surface area contributed by atoms with Gasteiger partial charge in [0.05, 0.1) is 0 Å². The molecule has 3 nitrogen and oxygen atoms in total. The maximum absolute atomic E-state index is 12.9. The van der Waals surface area contributed by atoms with Crippen molar-refractivity contribution >= 4 is 11.6 Å². The van der Waals surface area contributed by atoms with Gasteiger partial charge in [-0.05, 0) is 51.5 Å². The van der Waals surface area contributed by atoms with Gasteiger partial charge in [-0.1, -0.05) is 35.9 Å². The number of rotatable bonds is 6. The van der Waals surface area contributed by atoms with Gasteiger partial charge >= 0.3 is 0 Å². The second-order valence-corrected chi connectivity index (χ2v) is 6.01. The van der Waals surface area contributed by atoms with Crippen LogP contribution >= 0.6 is 0 Å². The maximum atomic E-state index is 12.9. The predicted octanol–water partition coefficient (Wildman–Crippen LogP) is 4.27. The molecule has 0 aromatic heterocycles. The molecule has 1 atom stereocenters. The molecule has 0 aliphatic carbocycles. The molecule has 23 heavy (non-hydrogen) atoms. The Morgan fingerprint density at radius 1 is 1.13 bits per heavy atom. The molecule has 0 saturated heterocycles. The quantitative estimate of drug-likeness (QED) is 0.864. The first-order chi connectivity index (χ1) is 11.0. The molecule has 1 unspecified atom stereocenters. The molecule has 3 heteroatoms. The molecule has 0 spiro atoms. The van der Waals surface area contributed by atoms with Crippen molar-refractivity contribution in [3.05, 3.63) is 65.2 Å². The second-order valence-electron chi connectivity index (χ2n) is 6.01. The van der Waals surface area contributed by atoms with E-state index in [4.69, 9.17) is 0 Å². The first kappa shape index (κ1) is 17.1. The molecular weight excluding hydrogens is 284 g/mol. The van der Waals surface area contributed by atoms with Gasteiger partial charge in [0.25, 0.3) is 5.91 Å². The van der Waals surface area contributed by atoms with Crippen molar-refractivity contribution in [2.24, 2.45) is 0 Å². The molecule has 122 valence electrons. The standard InChI is InChI=1S/C20H26N2O/c1-5-22(17(4)14-21-18-9-7-6-8-10-18)20(23)19-12-11-15(2)13-16(19)3/h6-13,17,21H,5,14H2,1-4H3. The fourth-order valence-electron chi connectivity index (χ4n) is 2.80. The molecule has 1 N–H and O–H groups in total. The van der Waals surface area contributed by atoms with E-state index in [0.29, 0.717) is 6.54 Å². The highest BCUT2D eigenvalue weighted by Gasteiger charge is 2.21. The monoisotopic (exact) mass is 310 g/mol. The van der Waals surface area contributed by atoms with E-state index >= 15 is 0 Å². The molecule has 2 aromatic rings. The van der Waals surface area contributed by atoms with Crippen molar-refractivity contribution in [2.45, 2.75) is 33.7 Å². The zero-order valence-electron chi connectivity index (χ0n) is 14.5. The predicted molar refractivity (Wildman–Crippen MR) is 97.0 cm³/mol. The number of nitrogens with one attached hydrogen (secondary N) is 1. The van der Waals surface area contributed by atoms with Gasteiger partial charge in [0.2, 0.25) is 0 Å². The van der Waals surface area contributed by atoms with Crippen LogP contribution in [0.4, 0.5) is 5.69 Å². The van der Waals surface area contributed by atoms with E-state index in [-0.39, 0.29) is 11.9 Å². The normalized spacial score (nSPS) is 11.8. The van der Waals surface area contributed by atoms with Crippen LogP contribution in [0.25, 0.3) is 0 Å². The average Bonchev–Trinajstić information content (AvgIpc) is 2.54. The number of hydrogen-bond donors (Lipinski definition) is 1. The summed E-state index contributed by atoms with van der Waals surface area (Å²) in [5.74, 6) is 0.104. The Morgan fingerprint density at radius 3 is 2.43 bits per heavy atom. The molecule has 0 heterocycles. The van der Waals surface area contributed by atoms with Crippen LogP contribution in [0.2, 0.25) is 0 Å². The number of carbonyl (C=O) groups is 1. The number of benzene rings is 2. The van der Waals surface area contributed by atoms with E-state index in [0.717, 1.165) is 23.4 Å². The lowest BCUT2D eigenvalue weighted by molar-refractivity contribution is 0.0711. The van der Waals surface area contributed by atoms with Gasteiger partial charge in [-0.25, -0.2) is 0 Å². The minimum atomic E-state index is 0.104. The summed E-state index contributed by atoms with van der Waals surface area (Å²) in [6.45, 7) is 9.59. The Kier molecular flexibility index (Phi) is 5.80. The fraction of sp³-hybridized carbons (Fsp3) is 0.350. The lowest BCUT2D eigenvalue weighted by atomic mass is 10.0. The van der Waals surface area contributed by atoms with Crippen LogP contribution in [0.15, 0.2) is 48.5 Å². The Labute approximate surface area is 139 Å². The number of hydrogen-bond acceptors (Lipinski definition) is 2. The lowest BCUT2D eigenvalue weighted by Gasteiger charge is -2.29. The van der Waals surface area contributed by atoms with Crippen molar-refractivity contribution in [1.29, 1.82) is 0 Å². The smallest absolute Gasteiger partial charge is 0.254 e. The minimum absolute atomic E-state index is 0.104. The van der Waals surface area contributed by atoms with E-state index in [9.17, 15) is 4.79 Å². The van der Waals surface area contributed by atoms with Crippen molar-refractivity contribution in [1.82, 2.24) is 4.90 Å². The van der Waals surface area contributed by atoms with E-state index in [1.54, 1.807) is 0 Å². The molecule has 0 bridgehead atoms. The van der Waals surface area contributed by atoms with Gasteiger partial charge in [-0.15, -0.1) is 0 Å². The number of para-hydroxylation sites is 1. The number of amides is 1. The van der Waals surface area contributed by atoms with Crippen molar-refractivity contribution in [2.75, 3.05) is 18.4 Å². The van der Waals surface area contributed by atoms with Crippen LogP contribution < -0.4 is 5.32 Å². The third-order valence-corrected chi connectivity index (χ3v) is 4.12. The van der Waals surface area contributed by atoms with Gasteiger partial charge in [0.1, 0.15) is 0 Å². The van der Waals surface area contributed by atoms with E-state index in [2.05, 4.69) is 18.3 Å². The Hall–Kier alpha value is -2.29. The molecule has 2 rings (SSSR count). The summed E-state index contributed by atoms with van der Waals surface area (Å²) < 4.78 is 0. The molecular formula is C20H26N2O. The Balaban J connectivity index is 2.07. The van der Waals surface area contributed by atoms with Crippen LogP contribution in [0.1, 0.15) is 35.3 Å². The SMILES string of the molecule is CCN(C(=O)c1ccc(C)cc1C)C(C)CNc1ccccc1. The third kappa shape index (κ3) is 4.35. The number of nitrogens with zero attached hydrogens (tertiary/aromatic N) is 1. The number of anilines is 1. The summed E-state index contributed by atoms with van der Waals surface area (Å²) in [5, 5.41) is 3.40. The van der Waals surface area contributed by atoms with E-state index in [1.165, 1.54) is 5.56 Å². The Morgan fingerprint density at radius 2 is 1.83 bits per heavy atom. The van der Waals surface area contributed by atoms with Crippen molar-refractivity contribution in [3.63, 3.8) is 0 Å².